The van der Waals surface area contributed by atoms with Crippen molar-refractivity contribution in [2.24, 2.45) is 0 Å². The third-order valence-electron chi connectivity index (χ3n) is 3.09. The van der Waals surface area contributed by atoms with Crippen LogP contribution in [0.1, 0.15) is 18.7 Å². The topological polar surface area (TPSA) is 52.3 Å². The van der Waals surface area contributed by atoms with E-state index in [1.54, 1.807) is 18.2 Å². The number of nitrogens with zero attached hydrogens (tertiary/aromatic N) is 1. The Hall–Kier alpha value is -1.55. The number of halogens is 1. The van der Waals surface area contributed by atoms with Gasteiger partial charge in [0.2, 0.25) is 5.89 Å². The predicted octanol–water partition coefficient (Wildman–Crippen LogP) is 2.69. The van der Waals surface area contributed by atoms with Crippen LogP contribution in [0.4, 0.5) is 0 Å². The summed E-state index contributed by atoms with van der Waals surface area (Å²) in [6.45, 7) is 0. The minimum absolute atomic E-state index is 0.282. The molecule has 0 N–H and O–H groups in total. The molecular formula is C12H10ClNO3. The maximum atomic E-state index is 11.7. The fraction of sp³-hybridized carbons (Fsp3) is 0.333. The molecule has 0 saturated heterocycles. The number of ether oxygens (including phenoxy) is 1. The molecule has 5 heteroatoms. The lowest BCUT2D eigenvalue weighted by Gasteiger charge is -2.06. The number of carbonyl (C=O) groups is 1. The van der Waals surface area contributed by atoms with Crippen LogP contribution in [0.2, 0.25) is 5.02 Å². The molecule has 1 saturated carbocycles. The Labute approximate surface area is 103 Å². The second-order valence-electron chi connectivity index (χ2n) is 4.20. The largest absolute Gasteiger partial charge is 0.468 e. The Morgan fingerprint density at radius 3 is 2.94 bits per heavy atom. The summed E-state index contributed by atoms with van der Waals surface area (Å²) in [7, 11) is 1.38. The Kier molecular flexibility index (Phi) is 2.16. The number of methoxy groups -OCH3 is 1. The first-order valence-electron chi connectivity index (χ1n) is 5.31. The molecule has 1 aromatic carbocycles. The summed E-state index contributed by atoms with van der Waals surface area (Å²) in [4.78, 5) is 16.0. The van der Waals surface area contributed by atoms with Crippen LogP contribution in [0.15, 0.2) is 22.6 Å². The van der Waals surface area contributed by atoms with Crippen molar-refractivity contribution in [1.82, 2.24) is 4.98 Å². The van der Waals surface area contributed by atoms with Gasteiger partial charge in [-0.2, -0.15) is 0 Å². The molecule has 0 radical (unpaired) electrons. The van der Waals surface area contributed by atoms with Gasteiger partial charge in [-0.3, -0.25) is 4.79 Å². The molecule has 1 aromatic heterocycles. The van der Waals surface area contributed by atoms with Gasteiger partial charge in [-0.1, -0.05) is 11.6 Å². The van der Waals surface area contributed by atoms with E-state index in [9.17, 15) is 4.79 Å². The van der Waals surface area contributed by atoms with Crippen LogP contribution in [0, 0.1) is 0 Å². The number of benzene rings is 1. The molecule has 1 aliphatic carbocycles. The molecule has 0 spiro atoms. The van der Waals surface area contributed by atoms with Crippen molar-refractivity contribution in [3.8, 4) is 0 Å². The monoisotopic (exact) mass is 251 g/mol. The van der Waals surface area contributed by atoms with E-state index in [0.29, 0.717) is 22.0 Å². The van der Waals surface area contributed by atoms with Crippen molar-refractivity contribution in [2.45, 2.75) is 18.3 Å². The van der Waals surface area contributed by atoms with Crippen LogP contribution in [0.5, 0.6) is 0 Å². The number of oxazole rings is 1. The summed E-state index contributed by atoms with van der Waals surface area (Å²) in [6, 6.07) is 5.20. The van der Waals surface area contributed by atoms with Crippen molar-refractivity contribution < 1.29 is 13.9 Å². The molecule has 0 amide bonds. The van der Waals surface area contributed by atoms with Crippen molar-refractivity contribution >= 4 is 28.7 Å². The van der Waals surface area contributed by atoms with Gasteiger partial charge in [0.05, 0.1) is 7.11 Å². The van der Waals surface area contributed by atoms with Gasteiger partial charge < -0.3 is 9.15 Å². The first kappa shape index (κ1) is 10.6. The van der Waals surface area contributed by atoms with Crippen LogP contribution in [0.25, 0.3) is 11.1 Å². The summed E-state index contributed by atoms with van der Waals surface area (Å²) in [5, 5.41) is 0.597. The Morgan fingerprint density at radius 1 is 1.53 bits per heavy atom. The summed E-state index contributed by atoms with van der Waals surface area (Å²) in [6.07, 6.45) is 1.44. The standard InChI is InChI=1S/C12H10ClNO3/c1-16-11(15)12(4-5-12)10-14-8-6-7(13)2-3-9(8)17-10/h2-3,6H,4-5H2,1H3. The number of fused-ring (bicyclic) bond motifs is 1. The molecule has 0 unspecified atom stereocenters. The molecule has 17 heavy (non-hydrogen) atoms. The van der Waals surface area contributed by atoms with Crippen LogP contribution >= 0.6 is 11.6 Å². The van der Waals surface area contributed by atoms with Gasteiger partial charge in [-0.05, 0) is 31.0 Å². The molecule has 1 fully saturated rings. The van der Waals surface area contributed by atoms with Crippen molar-refractivity contribution in [3.63, 3.8) is 0 Å². The van der Waals surface area contributed by atoms with Gasteiger partial charge >= 0.3 is 5.97 Å². The van der Waals surface area contributed by atoms with Gasteiger partial charge in [0, 0.05) is 5.02 Å². The van der Waals surface area contributed by atoms with Crippen molar-refractivity contribution in [3.05, 3.63) is 29.1 Å². The Balaban J connectivity index is 2.10. The fourth-order valence-electron chi connectivity index (χ4n) is 1.93. The molecule has 0 aliphatic heterocycles. The van der Waals surface area contributed by atoms with Gasteiger partial charge in [0.25, 0.3) is 0 Å². The van der Waals surface area contributed by atoms with Crippen LogP contribution < -0.4 is 0 Å². The van der Waals surface area contributed by atoms with Gasteiger partial charge in [0.15, 0.2) is 5.58 Å². The number of aromatic nitrogens is 1. The van der Waals surface area contributed by atoms with E-state index in [1.807, 2.05) is 0 Å². The van der Waals surface area contributed by atoms with E-state index >= 15 is 0 Å². The second kappa shape index (κ2) is 3.47. The molecule has 2 aromatic rings. The van der Waals surface area contributed by atoms with Gasteiger partial charge in [-0.25, -0.2) is 4.98 Å². The zero-order valence-corrected chi connectivity index (χ0v) is 9.95. The van der Waals surface area contributed by atoms with Crippen LogP contribution in [-0.4, -0.2) is 18.1 Å². The predicted molar refractivity (Wildman–Crippen MR) is 61.9 cm³/mol. The van der Waals surface area contributed by atoms with E-state index in [2.05, 4.69) is 4.98 Å². The van der Waals surface area contributed by atoms with Gasteiger partial charge in [-0.15, -0.1) is 0 Å². The minimum atomic E-state index is -0.666. The number of hydrogen-bond acceptors (Lipinski definition) is 4. The maximum Gasteiger partial charge on any atom is 0.321 e. The van der Waals surface area contributed by atoms with Gasteiger partial charge in [0.1, 0.15) is 10.9 Å². The maximum absolute atomic E-state index is 11.7. The summed E-state index contributed by atoms with van der Waals surface area (Å²) >= 11 is 5.87. The molecule has 88 valence electrons. The zero-order valence-electron chi connectivity index (χ0n) is 9.20. The Morgan fingerprint density at radius 2 is 2.29 bits per heavy atom. The summed E-state index contributed by atoms with van der Waals surface area (Å²) in [5.74, 6) is 0.150. The van der Waals surface area contributed by atoms with Crippen LogP contribution in [0.3, 0.4) is 0 Å². The highest BCUT2D eigenvalue weighted by molar-refractivity contribution is 6.31. The normalized spacial score (nSPS) is 17.1. The number of rotatable bonds is 2. The highest BCUT2D eigenvalue weighted by Crippen LogP contribution is 2.49. The molecule has 0 bridgehead atoms. The minimum Gasteiger partial charge on any atom is -0.468 e. The number of carbonyl (C=O) groups excluding carboxylic acids is 1. The molecule has 1 heterocycles. The Bertz CT molecular complexity index is 601. The molecule has 1 aliphatic rings. The second-order valence-corrected chi connectivity index (χ2v) is 4.64. The first-order valence-corrected chi connectivity index (χ1v) is 5.68. The molecule has 4 nitrogen and oxygen atoms in total. The lowest BCUT2D eigenvalue weighted by atomic mass is 10.1. The smallest absolute Gasteiger partial charge is 0.321 e. The lowest BCUT2D eigenvalue weighted by molar-refractivity contribution is -0.144. The van der Waals surface area contributed by atoms with E-state index in [0.717, 1.165) is 12.8 Å². The molecule has 3 rings (SSSR count). The zero-order chi connectivity index (χ0) is 12.0. The van der Waals surface area contributed by atoms with E-state index in [1.165, 1.54) is 7.11 Å². The molecular weight excluding hydrogens is 242 g/mol. The average molecular weight is 252 g/mol. The van der Waals surface area contributed by atoms with E-state index in [4.69, 9.17) is 20.8 Å². The third kappa shape index (κ3) is 1.52. The van der Waals surface area contributed by atoms with E-state index in [-0.39, 0.29) is 5.97 Å². The number of hydrogen-bond donors (Lipinski definition) is 0. The quantitative estimate of drug-likeness (QED) is 0.770. The highest BCUT2D eigenvalue weighted by atomic mass is 35.5. The lowest BCUT2D eigenvalue weighted by Crippen LogP contribution is -2.22. The fourth-order valence-corrected chi connectivity index (χ4v) is 2.10. The highest BCUT2D eigenvalue weighted by Gasteiger charge is 2.56. The SMILES string of the molecule is COC(=O)C1(c2nc3cc(Cl)ccc3o2)CC1. The van der Waals surface area contributed by atoms with Crippen molar-refractivity contribution in [2.75, 3.05) is 7.11 Å². The van der Waals surface area contributed by atoms with Crippen LogP contribution in [-0.2, 0) is 14.9 Å². The number of esters is 1. The average Bonchev–Trinajstić information content (AvgIpc) is 3.03. The summed E-state index contributed by atoms with van der Waals surface area (Å²) in [5.41, 5.74) is 0.641. The van der Waals surface area contributed by atoms with E-state index < -0.39 is 5.41 Å². The van der Waals surface area contributed by atoms with Crippen molar-refractivity contribution in [1.29, 1.82) is 0 Å². The summed E-state index contributed by atoms with van der Waals surface area (Å²) < 4.78 is 10.4. The third-order valence-corrected chi connectivity index (χ3v) is 3.32. The first-order chi connectivity index (χ1) is 8.15. The molecule has 0 atom stereocenters.